The second kappa shape index (κ2) is 9.32. The molecular weight excluding hydrogens is 266 g/mol. The SMILES string of the molecule is CCCCC(CC)CNc1ncc(C(=O)OCC)c(C)n1. The summed E-state index contributed by atoms with van der Waals surface area (Å²) in [7, 11) is 0. The highest BCUT2D eigenvalue weighted by Gasteiger charge is 2.13. The highest BCUT2D eigenvalue weighted by Crippen LogP contribution is 2.14. The van der Waals surface area contributed by atoms with Gasteiger partial charge in [0.15, 0.2) is 0 Å². The molecule has 0 amide bonds. The predicted octanol–water partition coefficient (Wildman–Crippen LogP) is 3.59. The third-order valence-corrected chi connectivity index (χ3v) is 3.57. The maximum absolute atomic E-state index is 11.7. The zero-order valence-electron chi connectivity index (χ0n) is 13.6. The van der Waals surface area contributed by atoms with Gasteiger partial charge in [0, 0.05) is 12.7 Å². The molecule has 0 aromatic carbocycles. The van der Waals surface area contributed by atoms with Gasteiger partial charge in [0.2, 0.25) is 5.95 Å². The first-order valence-electron chi connectivity index (χ1n) is 7.86. The number of hydrogen-bond donors (Lipinski definition) is 1. The molecule has 0 saturated carbocycles. The van der Waals surface area contributed by atoms with Crippen molar-refractivity contribution in [3.63, 3.8) is 0 Å². The molecule has 0 fully saturated rings. The van der Waals surface area contributed by atoms with Crippen molar-refractivity contribution >= 4 is 11.9 Å². The van der Waals surface area contributed by atoms with E-state index in [-0.39, 0.29) is 5.97 Å². The molecule has 1 N–H and O–H groups in total. The van der Waals surface area contributed by atoms with Gasteiger partial charge in [0.05, 0.1) is 17.9 Å². The van der Waals surface area contributed by atoms with Crippen molar-refractivity contribution in [3.05, 3.63) is 17.5 Å². The summed E-state index contributed by atoms with van der Waals surface area (Å²) in [6, 6.07) is 0. The number of carbonyl (C=O) groups is 1. The molecule has 0 aliphatic heterocycles. The van der Waals surface area contributed by atoms with Crippen LogP contribution in [0.2, 0.25) is 0 Å². The normalized spacial score (nSPS) is 12.0. The Morgan fingerprint density at radius 1 is 1.38 bits per heavy atom. The molecule has 0 aliphatic carbocycles. The Balaban J connectivity index is 2.60. The van der Waals surface area contributed by atoms with Crippen molar-refractivity contribution in [1.82, 2.24) is 9.97 Å². The molecule has 1 atom stereocenters. The minimum atomic E-state index is -0.365. The number of ether oxygens (including phenoxy) is 1. The van der Waals surface area contributed by atoms with Crippen molar-refractivity contribution in [2.75, 3.05) is 18.5 Å². The van der Waals surface area contributed by atoms with Gasteiger partial charge in [0.1, 0.15) is 0 Å². The fourth-order valence-corrected chi connectivity index (χ4v) is 2.14. The lowest BCUT2D eigenvalue weighted by Gasteiger charge is -2.15. The number of rotatable bonds is 9. The summed E-state index contributed by atoms with van der Waals surface area (Å²) < 4.78 is 4.97. The summed E-state index contributed by atoms with van der Waals surface area (Å²) >= 11 is 0. The van der Waals surface area contributed by atoms with E-state index in [4.69, 9.17) is 4.74 Å². The van der Waals surface area contributed by atoms with Gasteiger partial charge in [0.25, 0.3) is 0 Å². The van der Waals surface area contributed by atoms with E-state index < -0.39 is 0 Å². The molecule has 0 spiro atoms. The molecule has 1 aromatic heterocycles. The van der Waals surface area contributed by atoms with Crippen molar-refractivity contribution in [2.24, 2.45) is 5.92 Å². The minimum Gasteiger partial charge on any atom is -0.462 e. The average Bonchev–Trinajstić information content (AvgIpc) is 2.47. The number of carbonyl (C=O) groups excluding carboxylic acids is 1. The van der Waals surface area contributed by atoms with Gasteiger partial charge in [-0.2, -0.15) is 0 Å². The van der Waals surface area contributed by atoms with Gasteiger partial charge in [-0.05, 0) is 26.2 Å². The first-order valence-corrected chi connectivity index (χ1v) is 7.86. The third kappa shape index (κ3) is 5.69. The zero-order valence-corrected chi connectivity index (χ0v) is 13.6. The molecule has 1 rings (SSSR count). The Bertz CT molecular complexity index is 449. The van der Waals surface area contributed by atoms with Crippen LogP contribution in [0.3, 0.4) is 0 Å². The topological polar surface area (TPSA) is 64.1 Å². The van der Waals surface area contributed by atoms with Crippen LogP contribution < -0.4 is 5.32 Å². The molecule has 1 heterocycles. The fraction of sp³-hybridized carbons (Fsp3) is 0.688. The number of nitrogens with zero attached hydrogens (tertiary/aromatic N) is 2. The summed E-state index contributed by atoms with van der Waals surface area (Å²) in [4.78, 5) is 20.2. The zero-order chi connectivity index (χ0) is 15.7. The maximum Gasteiger partial charge on any atom is 0.341 e. The molecule has 0 aliphatic rings. The number of unbranched alkanes of at least 4 members (excludes halogenated alkanes) is 1. The van der Waals surface area contributed by atoms with Gasteiger partial charge >= 0.3 is 5.97 Å². The number of aromatic nitrogens is 2. The third-order valence-electron chi connectivity index (χ3n) is 3.57. The number of esters is 1. The van der Waals surface area contributed by atoms with Gasteiger partial charge in [-0.3, -0.25) is 0 Å². The van der Waals surface area contributed by atoms with Crippen LogP contribution in [0.4, 0.5) is 5.95 Å². The molecule has 21 heavy (non-hydrogen) atoms. The first-order chi connectivity index (χ1) is 10.1. The largest absolute Gasteiger partial charge is 0.462 e. The second-order valence-corrected chi connectivity index (χ2v) is 5.21. The van der Waals surface area contributed by atoms with Crippen LogP contribution in [-0.2, 0) is 4.74 Å². The Morgan fingerprint density at radius 3 is 2.71 bits per heavy atom. The highest BCUT2D eigenvalue weighted by atomic mass is 16.5. The minimum absolute atomic E-state index is 0.355. The molecular formula is C16H27N3O2. The molecule has 0 bridgehead atoms. The Labute approximate surface area is 127 Å². The van der Waals surface area contributed by atoms with E-state index in [0.717, 1.165) is 13.0 Å². The number of nitrogens with one attached hydrogen (secondary N) is 1. The number of hydrogen-bond acceptors (Lipinski definition) is 5. The number of aryl methyl sites for hydroxylation is 1. The van der Waals surface area contributed by atoms with Crippen molar-refractivity contribution in [1.29, 1.82) is 0 Å². The average molecular weight is 293 g/mol. The van der Waals surface area contributed by atoms with Crippen LogP contribution in [0.5, 0.6) is 0 Å². The summed E-state index contributed by atoms with van der Waals surface area (Å²) in [5.41, 5.74) is 1.08. The van der Waals surface area contributed by atoms with E-state index >= 15 is 0 Å². The van der Waals surface area contributed by atoms with Crippen LogP contribution in [0, 0.1) is 12.8 Å². The Morgan fingerprint density at radius 2 is 2.14 bits per heavy atom. The summed E-state index contributed by atoms with van der Waals surface area (Å²) in [6.45, 7) is 9.22. The van der Waals surface area contributed by atoms with Crippen molar-refractivity contribution in [3.8, 4) is 0 Å². The maximum atomic E-state index is 11.7. The number of anilines is 1. The van der Waals surface area contributed by atoms with Crippen LogP contribution in [0.1, 0.15) is 62.5 Å². The van der Waals surface area contributed by atoms with Crippen molar-refractivity contribution < 1.29 is 9.53 Å². The summed E-state index contributed by atoms with van der Waals surface area (Å²) in [5.74, 6) is 0.852. The summed E-state index contributed by atoms with van der Waals surface area (Å²) in [6.07, 6.45) is 6.38. The van der Waals surface area contributed by atoms with Crippen LogP contribution in [0.15, 0.2) is 6.20 Å². The fourth-order valence-electron chi connectivity index (χ4n) is 2.14. The molecule has 118 valence electrons. The smallest absolute Gasteiger partial charge is 0.341 e. The standard InChI is InChI=1S/C16H27N3O2/c1-5-8-9-13(6-2)10-17-16-18-11-14(12(4)19-16)15(20)21-7-3/h11,13H,5-10H2,1-4H3,(H,17,18,19). The van der Waals surface area contributed by atoms with Crippen molar-refractivity contribution in [2.45, 2.75) is 53.4 Å². The van der Waals surface area contributed by atoms with Crippen LogP contribution in [0.25, 0.3) is 0 Å². The van der Waals surface area contributed by atoms with Gasteiger partial charge < -0.3 is 10.1 Å². The quantitative estimate of drug-likeness (QED) is 0.705. The van der Waals surface area contributed by atoms with Gasteiger partial charge in [-0.25, -0.2) is 14.8 Å². The Hall–Kier alpha value is -1.65. The van der Waals surface area contributed by atoms with E-state index in [0.29, 0.717) is 29.7 Å². The monoisotopic (exact) mass is 293 g/mol. The second-order valence-electron chi connectivity index (χ2n) is 5.21. The lowest BCUT2D eigenvalue weighted by atomic mass is 9.99. The first kappa shape index (κ1) is 17.4. The van der Waals surface area contributed by atoms with Crippen LogP contribution >= 0.6 is 0 Å². The van der Waals surface area contributed by atoms with E-state index in [1.807, 2.05) is 0 Å². The molecule has 0 saturated heterocycles. The molecule has 1 aromatic rings. The van der Waals surface area contributed by atoms with E-state index in [1.165, 1.54) is 25.5 Å². The van der Waals surface area contributed by atoms with E-state index in [2.05, 4.69) is 29.1 Å². The highest BCUT2D eigenvalue weighted by molar-refractivity contribution is 5.90. The molecule has 5 nitrogen and oxygen atoms in total. The Kier molecular flexibility index (Phi) is 7.72. The van der Waals surface area contributed by atoms with Gasteiger partial charge in [-0.15, -0.1) is 0 Å². The van der Waals surface area contributed by atoms with E-state index in [9.17, 15) is 4.79 Å². The van der Waals surface area contributed by atoms with Gasteiger partial charge in [-0.1, -0.05) is 33.1 Å². The lowest BCUT2D eigenvalue weighted by Crippen LogP contribution is -2.16. The molecule has 1 unspecified atom stereocenters. The summed E-state index contributed by atoms with van der Waals surface area (Å²) in [5, 5.41) is 3.27. The van der Waals surface area contributed by atoms with E-state index in [1.54, 1.807) is 13.8 Å². The molecule has 0 radical (unpaired) electrons. The molecule has 5 heteroatoms. The van der Waals surface area contributed by atoms with Crippen LogP contribution in [-0.4, -0.2) is 29.1 Å². The lowest BCUT2D eigenvalue weighted by molar-refractivity contribution is 0.0524. The predicted molar refractivity (Wildman–Crippen MR) is 84.5 cm³/mol.